The molecule has 3 nitrogen and oxygen atoms in total. The third-order valence-corrected chi connectivity index (χ3v) is 3.30. The second kappa shape index (κ2) is 3.81. The van der Waals surface area contributed by atoms with Crippen LogP contribution in [0.4, 0.5) is 0 Å². The smallest absolute Gasteiger partial charge is 0.207 e. The fourth-order valence-corrected chi connectivity index (χ4v) is 2.43. The monoisotopic (exact) mass is 247 g/mol. The molecule has 78 valence electrons. The molecule has 3 rings (SSSR count). The molecule has 0 aliphatic heterocycles. The van der Waals surface area contributed by atoms with Gasteiger partial charge >= 0.3 is 0 Å². The number of aromatic nitrogens is 3. The number of hydrogen-bond acceptors (Lipinski definition) is 4. The number of pyridine rings is 1. The second-order valence-corrected chi connectivity index (χ2v) is 4.80. The van der Waals surface area contributed by atoms with Crippen LogP contribution in [0.2, 0.25) is 4.47 Å². The molecule has 0 fully saturated rings. The SMILES string of the molecule is Clc1nnc(-c2nccc3ccccc23)s1. The normalized spacial score (nSPS) is 10.8. The molecule has 1 aromatic carbocycles. The van der Waals surface area contributed by atoms with Gasteiger partial charge in [0.15, 0.2) is 5.01 Å². The third-order valence-electron chi connectivity index (χ3n) is 2.28. The Hall–Kier alpha value is -1.52. The molecule has 5 heteroatoms. The van der Waals surface area contributed by atoms with Crippen LogP contribution in [0.25, 0.3) is 21.5 Å². The molecule has 0 aliphatic carbocycles. The molecule has 3 aromatic rings. The first-order chi connectivity index (χ1) is 7.84. The molecule has 16 heavy (non-hydrogen) atoms. The van der Waals surface area contributed by atoms with Crippen molar-refractivity contribution in [3.63, 3.8) is 0 Å². The number of hydrogen-bond donors (Lipinski definition) is 0. The molecule has 0 N–H and O–H groups in total. The van der Waals surface area contributed by atoms with E-state index in [4.69, 9.17) is 11.6 Å². The first-order valence-corrected chi connectivity index (χ1v) is 5.87. The zero-order chi connectivity index (χ0) is 11.0. The van der Waals surface area contributed by atoms with Crippen molar-refractivity contribution < 1.29 is 0 Å². The first kappa shape index (κ1) is 9.69. The molecule has 0 amide bonds. The van der Waals surface area contributed by atoms with Gasteiger partial charge in [-0.15, -0.1) is 10.2 Å². The Morgan fingerprint density at radius 3 is 2.75 bits per heavy atom. The summed E-state index contributed by atoms with van der Waals surface area (Å²) in [5.74, 6) is 0. The summed E-state index contributed by atoms with van der Waals surface area (Å²) in [5.41, 5.74) is 0.836. The van der Waals surface area contributed by atoms with E-state index >= 15 is 0 Å². The summed E-state index contributed by atoms with van der Waals surface area (Å²) in [6.45, 7) is 0. The number of rotatable bonds is 1. The van der Waals surface area contributed by atoms with Gasteiger partial charge in [-0.05, 0) is 23.1 Å². The zero-order valence-electron chi connectivity index (χ0n) is 8.09. The van der Waals surface area contributed by atoms with Crippen molar-refractivity contribution in [2.75, 3.05) is 0 Å². The van der Waals surface area contributed by atoms with Crippen molar-refractivity contribution >= 4 is 33.7 Å². The summed E-state index contributed by atoms with van der Waals surface area (Å²) in [4.78, 5) is 4.34. The van der Waals surface area contributed by atoms with Crippen molar-refractivity contribution in [1.29, 1.82) is 0 Å². The van der Waals surface area contributed by atoms with Crippen LogP contribution < -0.4 is 0 Å². The van der Waals surface area contributed by atoms with Gasteiger partial charge in [-0.3, -0.25) is 4.98 Å². The van der Waals surface area contributed by atoms with Gasteiger partial charge in [-0.2, -0.15) is 0 Å². The van der Waals surface area contributed by atoms with Crippen LogP contribution in [0.3, 0.4) is 0 Å². The van der Waals surface area contributed by atoms with Crippen molar-refractivity contribution in [3.8, 4) is 10.7 Å². The van der Waals surface area contributed by atoms with E-state index in [0.717, 1.165) is 21.5 Å². The molecule has 0 unspecified atom stereocenters. The molecule has 2 heterocycles. The van der Waals surface area contributed by atoms with Crippen molar-refractivity contribution in [3.05, 3.63) is 41.0 Å². The maximum atomic E-state index is 5.78. The lowest BCUT2D eigenvalue weighted by Gasteiger charge is -2.00. The lowest BCUT2D eigenvalue weighted by atomic mass is 10.1. The van der Waals surface area contributed by atoms with E-state index in [1.807, 2.05) is 30.3 Å². The van der Waals surface area contributed by atoms with Gasteiger partial charge in [-0.1, -0.05) is 35.6 Å². The molecule has 0 saturated carbocycles. The Labute approximate surface area is 101 Å². The summed E-state index contributed by atoms with van der Waals surface area (Å²) in [7, 11) is 0. The van der Waals surface area contributed by atoms with Gasteiger partial charge in [0.05, 0.1) is 0 Å². The van der Waals surface area contributed by atoms with E-state index in [0.29, 0.717) is 4.47 Å². The minimum Gasteiger partial charge on any atom is -0.253 e. The van der Waals surface area contributed by atoms with Gasteiger partial charge < -0.3 is 0 Å². The standard InChI is InChI=1S/C11H6ClN3S/c12-11-15-14-10(16-11)9-8-4-2-1-3-7(8)5-6-13-9/h1-6H. The van der Waals surface area contributed by atoms with Crippen LogP contribution in [0.1, 0.15) is 0 Å². The predicted molar refractivity (Wildman–Crippen MR) is 65.7 cm³/mol. The highest BCUT2D eigenvalue weighted by Crippen LogP contribution is 2.29. The summed E-state index contributed by atoms with van der Waals surface area (Å²) in [6, 6.07) is 10.0. The van der Waals surface area contributed by atoms with Crippen molar-refractivity contribution in [1.82, 2.24) is 15.2 Å². The number of fused-ring (bicyclic) bond motifs is 1. The average Bonchev–Trinajstić information content (AvgIpc) is 2.75. The highest BCUT2D eigenvalue weighted by molar-refractivity contribution is 7.18. The van der Waals surface area contributed by atoms with Gasteiger partial charge in [0.25, 0.3) is 0 Å². The third kappa shape index (κ3) is 1.56. The molecule has 0 atom stereocenters. The topological polar surface area (TPSA) is 38.7 Å². The number of benzene rings is 1. The Kier molecular flexibility index (Phi) is 2.31. The quantitative estimate of drug-likeness (QED) is 0.662. The fraction of sp³-hybridized carbons (Fsp3) is 0. The minimum absolute atomic E-state index is 0.435. The van der Waals surface area contributed by atoms with Crippen LogP contribution in [0.15, 0.2) is 36.5 Å². The van der Waals surface area contributed by atoms with Crippen LogP contribution in [0, 0.1) is 0 Å². The van der Waals surface area contributed by atoms with Crippen LogP contribution in [0.5, 0.6) is 0 Å². The molecular formula is C11H6ClN3S. The van der Waals surface area contributed by atoms with Crippen molar-refractivity contribution in [2.24, 2.45) is 0 Å². The highest BCUT2D eigenvalue weighted by atomic mass is 35.5. The Morgan fingerprint density at radius 1 is 1.06 bits per heavy atom. The van der Waals surface area contributed by atoms with Crippen LogP contribution in [-0.2, 0) is 0 Å². The molecular weight excluding hydrogens is 242 g/mol. The number of nitrogens with zero attached hydrogens (tertiary/aromatic N) is 3. The van der Waals surface area contributed by atoms with E-state index in [1.165, 1.54) is 11.3 Å². The molecule has 0 bridgehead atoms. The van der Waals surface area contributed by atoms with Crippen LogP contribution in [-0.4, -0.2) is 15.2 Å². The average molecular weight is 248 g/mol. The van der Waals surface area contributed by atoms with E-state index in [2.05, 4.69) is 15.2 Å². The molecule has 0 aliphatic rings. The summed E-state index contributed by atoms with van der Waals surface area (Å²) < 4.78 is 0.435. The lowest BCUT2D eigenvalue weighted by Crippen LogP contribution is -1.84. The van der Waals surface area contributed by atoms with Crippen molar-refractivity contribution in [2.45, 2.75) is 0 Å². The maximum absolute atomic E-state index is 5.78. The number of halogens is 1. The molecule has 0 saturated heterocycles. The molecule has 0 radical (unpaired) electrons. The van der Waals surface area contributed by atoms with E-state index < -0.39 is 0 Å². The first-order valence-electron chi connectivity index (χ1n) is 4.68. The maximum Gasteiger partial charge on any atom is 0.207 e. The highest BCUT2D eigenvalue weighted by Gasteiger charge is 2.09. The molecule has 2 aromatic heterocycles. The summed E-state index contributed by atoms with van der Waals surface area (Å²) in [6.07, 6.45) is 1.77. The van der Waals surface area contributed by atoms with Crippen LogP contribution >= 0.6 is 22.9 Å². The van der Waals surface area contributed by atoms with Gasteiger partial charge in [-0.25, -0.2) is 0 Å². The van der Waals surface area contributed by atoms with E-state index in [-0.39, 0.29) is 0 Å². The Balaban J connectivity index is 2.31. The van der Waals surface area contributed by atoms with Gasteiger partial charge in [0, 0.05) is 11.6 Å². The van der Waals surface area contributed by atoms with Gasteiger partial charge in [0.2, 0.25) is 4.47 Å². The van der Waals surface area contributed by atoms with E-state index in [1.54, 1.807) is 6.20 Å². The largest absolute Gasteiger partial charge is 0.253 e. The fourth-order valence-electron chi connectivity index (χ4n) is 1.59. The summed E-state index contributed by atoms with van der Waals surface area (Å²) in [5, 5.41) is 10.8. The Bertz CT molecular complexity index is 645. The minimum atomic E-state index is 0.435. The second-order valence-electron chi connectivity index (χ2n) is 3.24. The summed E-state index contributed by atoms with van der Waals surface area (Å²) >= 11 is 7.11. The lowest BCUT2D eigenvalue weighted by molar-refractivity contribution is 1.09. The van der Waals surface area contributed by atoms with E-state index in [9.17, 15) is 0 Å². The zero-order valence-corrected chi connectivity index (χ0v) is 9.66. The Morgan fingerprint density at radius 2 is 1.94 bits per heavy atom. The van der Waals surface area contributed by atoms with Gasteiger partial charge in [0.1, 0.15) is 5.69 Å². The predicted octanol–water partition coefficient (Wildman–Crippen LogP) is 3.41. The molecule has 0 spiro atoms.